The number of anilines is 1. The van der Waals surface area contributed by atoms with Gasteiger partial charge in [-0.05, 0) is 6.07 Å². The Hall–Kier alpha value is -1.20. The molecule has 5 nitrogen and oxygen atoms in total. The molecule has 0 unspecified atom stereocenters. The first-order chi connectivity index (χ1) is 5.90. The Kier molecular flexibility index (Phi) is 1.89. The SMILES string of the molecule is NNc1cc2c(nn1)CCOC2. The zero-order valence-corrected chi connectivity index (χ0v) is 6.58. The van der Waals surface area contributed by atoms with Crippen LogP contribution in [0.15, 0.2) is 6.07 Å². The lowest BCUT2D eigenvalue weighted by molar-refractivity contribution is 0.109. The molecule has 0 bridgehead atoms. The number of hydrazine groups is 1. The number of rotatable bonds is 1. The molecule has 0 spiro atoms. The highest BCUT2D eigenvalue weighted by Crippen LogP contribution is 2.15. The van der Waals surface area contributed by atoms with E-state index in [1.165, 1.54) is 0 Å². The van der Waals surface area contributed by atoms with E-state index < -0.39 is 0 Å². The number of nitrogens with one attached hydrogen (secondary N) is 1. The summed E-state index contributed by atoms with van der Waals surface area (Å²) < 4.78 is 5.26. The van der Waals surface area contributed by atoms with Crippen LogP contribution in [0, 0.1) is 0 Å². The lowest BCUT2D eigenvalue weighted by Crippen LogP contribution is -2.16. The molecular formula is C7H10N4O. The van der Waals surface area contributed by atoms with E-state index in [1.807, 2.05) is 6.07 Å². The first-order valence-corrected chi connectivity index (χ1v) is 3.80. The smallest absolute Gasteiger partial charge is 0.162 e. The lowest BCUT2D eigenvalue weighted by Gasteiger charge is -2.14. The largest absolute Gasteiger partial charge is 0.376 e. The van der Waals surface area contributed by atoms with Crippen molar-refractivity contribution in [2.75, 3.05) is 12.0 Å². The summed E-state index contributed by atoms with van der Waals surface area (Å²) in [5.74, 6) is 5.77. The molecule has 2 heterocycles. The van der Waals surface area contributed by atoms with E-state index in [2.05, 4.69) is 15.6 Å². The summed E-state index contributed by atoms with van der Waals surface area (Å²) in [4.78, 5) is 0. The second-order valence-electron chi connectivity index (χ2n) is 2.65. The Morgan fingerprint density at radius 2 is 2.42 bits per heavy atom. The maximum atomic E-state index is 5.26. The van der Waals surface area contributed by atoms with Crippen LogP contribution < -0.4 is 11.3 Å². The van der Waals surface area contributed by atoms with Gasteiger partial charge in [-0.1, -0.05) is 0 Å². The van der Waals surface area contributed by atoms with E-state index in [0.29, 0.717) is 12.4 Å². The fourth-order valence-electron chi connectivity index (χ4n) is 1.21. The molecule has 0 aliphatic carbocycles. The fraction of sp³-hybridized carbons (Fsp3) is 0.429. The molecule has 0 aromatic carbocycles. The van der Waals surface area contributed by atoms with Crippen molar-refractivity contribution in [3.05, 3.63) is 17.3 Å². The van der Waals surface area contributed by atoms with Gasteiger partial charge >= 0.3 is 0 Å². The van der Waals surface area contributed by atoms with E-state index in [4.69, 9.17) is 10.6 Å². The molecule has 1 aliphatic heterocycles. The standard InChI is InChI=1S/C7H10N4O/c8-9-7-3-5-4-12-2-1-6(5)10-11-7/h3H,1-2,4,8H2,(H,9,11). The van der Waals surface area contributed by atoms with Crippen molar-refractivity contribution >= 4 is 5.82 Å². The molecule has 0 amide bonds. The molecule has 1 aromatic heterocycles. The van der Waals surface area contributed by atoms with Crippen LogP contribution >= 0.6 is 0 Å². The van der Waals surface area contributed by atoms with Gasteiger partial charge in [0, 0.05) is 12.0 Å². The minimum atomic E-state index is 0.583. The molecule has 1 aliphatic rings. The lowest BCUT2D eigenvalue weighted by atomic mass is 10.1. The van der Waals surface area contributed by atoms with Crippen LogP contribution in [0.3, 0.4) is 0 Å². The van der Waals surface area contributed by atoms with Gasteiger partial charge in [-0.15, -0.1) is 5.10 Å². The summed E-state index contributed by atoms with van der Waals surface area (Å²) in [7, 11) is 0. The Morgan fingerprint density at radius 3 is 3.25 bits per heavy atom. The van der Waals surface area contributed by atoms with Crippen molar-refractivity contribution in [1.29, 1.82) is 0 Å². The van der Waals surface area contributed by atoms with Crippen LogP contribution in [0.1, 0.15) is 11.3 Å². The molecule has 5 heteroatoms. The van der Waals surface area contributed by atoms with Gasteiger partial charge < -0.3 is 10.2 Å². The van der Waals surface area contributed by atoms with E-state index in [0.717, 1.165) is 24.3 Å². The number of aromatic nitrogens is 2. The predicted octanol–water partition coefficient (Wildman–Crippen LogP) is -0.165. The van der Waals surface area contributed by atoms with Crippen LogP contribution in [0.25, 0.3) is 0 Å². The Balaban J connectivity index is 2.36. The first kappa shape index (κ1) is 7.45. The molecular weight excluding hydrogens is 156 g/mol. The van der Waals surface area contributed by atoms with Gasteiger partial charge in [-0.2, -0.15) is 5.10 Å². The van der Waals surface area contributed by atoms with Crippen molar-refractivity contribution in [1.82, 2.24) is 10.2 Å². The number of nitrogens with zero attached hydrogens (tertiary/aromatic N) is 2. The van der Waals surface area contributed by atoms with Crippen molar-refractivity contribution < 1.29 is 4.74 Å². The van der Waals surface area contributed by atoms with Crippen molar-refractivity contribution in [2.24, 2.45) is 5.84 Å². The number of nitrogens with two attached hydrogens (primary N) is 1. The number of hydrogen-bond donors (Lipinski definition) is 2. The molecule has 64 valence electrons. The van der Waals surface area contributed by atoms with E-state index in [9.17, 15) is 0 Å². The first-order valence-electron chi connectivity index (χ1n) is 3.80. The van der Waals surface area contributed by atoms with E-state index in [1.54, 1.807) is 0 Å². The van der Waals surface area contributed by atoms with Gasteiger partial charge in [0.05, 0.1) is 18.9 Å². The second kappa shape index (κ2) is 3.04. The third-order valence-corrected chi connectivity index (χ3v) is 1.85. The minimum Gasteiger partial charge on any atom is -0.376 e. The molecule has 0 fully saturated rings. The van der Waals surface area contributed by atoms with Crippen LogP contribution in [-0.4, -0.2) is 16.8 Å². The quantitative estimate of drug-likeness (QED) is 0.448. The van der Waals surface area contributed by atoms with Crippen molar-refractivity contribution in [3.63, 3.8) is 0 Å². The predicted molar refractivity (Wildman–Crippen MR) is 43.2 cm³/mol. The second-order valence-corrected chi connectivity index (χ2v) is 2.65. The van der Waals surface area contributed by atoms with Crippen molar-refractivity contribution in [2.45, 2.75) is 13.0 Å². The summed E-state index contributed by atoms with van der Waals surface area (Å²) in [5, 5.41) is 7.89. The molecule has 0 atom stereocenters. The molecule has 1 aromatic rings. The normalized spacial score (nSPS) is 15.4. The summed E-state index contributed by atoms with van der Waals surface area (Å²) in [6.07, 6.45) is 0.840. The highest BCUT2D eigenvalue weighted by atomic mass is 16.5. The highest BCUT2D eigenvalue weighted by molar-refractivity contribution is 5.37. The maximum absolute atomic E-state index is 5.26. The molecule has 2 rings (SSSR count). The van der Waals surface area contributed by atoms with Gasteiger partial charge in [0.2, 0.25) is 0 Å². The number of nitrogen functional groups attached to an aromatic ring is 1. The maximum Gasteiger partial charge on any atom is 0.162 e. The summed E-state index contributed by atoms with van der Waals surface area (Å²) in [6, 6.07) is 1.86. The third kappa shape index (κ3) is 1.24. The summed E-state index contributed by atoms with van der Waals surface area (Å²) >= 11 is 0. The molecule has 3 N–H and O–H groups in total. The zero-order valence-electron chi connectivity index (χ0n) is 6.58. The number of fused-ring (bicyclic) bond motifs is 1. The average Bonchev–Trinajstić information content (AvgIpc) is 2.17. The van der Waals surface area contributed by atoms with Gasteiger partial charge in [0.1, 0.15) is 0 Å². The average molecular weight is 166 g/mol. The van der Waals surface area contributed by atoms with E-state index in [-0.39, 0.29) is 0 Å². The van der Waals surface area contributed by atoms with Gasteiger partial charge in [0.25, 0.3) is 0 Å². The Morgan fingerprint density at radius 1 is 1.50 bits per heavy atom. The van der Waals surface area contributed by atoms with Crippen LogP contribution in [0.4, 0.5) is 5.82 Å². The topological polar surface area (TPSA) is 73.1 Å². The Labute approximate surface area is 69.9 Å². The summed E-state index contributed by atoms with van der Waals surface area (Å²) in [6.45, 7) is 1.34. The fourth-order valence-corrected chi connectivity index (χ4v) is 1.21. The monoisotopic (exact) mass is 166 g/mol. The third-order valence-electron chi connectivity index (χ3n) is 1.85. The summed E-state index contributed by atoms with van der Waals surface area (Å²) in [5.41, 5.74) is 4.54. The zero-order chi connectivity index (χ0) is 8.39. The number of hydrogen-bond acceptors (Lipinski definition) is 5. The van der Waals surface area contributed by atoms with Gasteiger partial charge in [-0.3, -0.25) is 0 Å². The van der Waals surface area contributed by atoms with Crippen LogP contribution in [-0.2, 0) is 17.8 Å². The molecule has 0 radical (unpaired) electrons. The Bertz CT molecular complexity index is 289. The minimum absolute atomic E-state index is 0.583. The van der Waals surface area contributed by atoms with Crippen LogP contribution in [0.5, 0.6) is 0 Å². The van der Waals surface area contributed by atoms with Gasteiger partial charge in [0.15, 0.2) is 5.82 Å². The molecule has 12 heavy (non-hydrogen) atoms. The van der Waals surface area contributed by atoms with E-state index >= 15 is 0 Å². The van der Waals surface area contributed by atoms with Gasteiger partial charge in [-0.25, -0.2) is 5.84 Å². The van der Waals surface area contributed by atoms with Crippen molar-refractivity contribution in [3.8, 4) is 0 Å². The molecule has 0 saturated heterocycles. The highest BCUT2D eigenvalue weighted by Gasteiger charge is 2.11. The number of ether oxygens (including phenoxy) is 1. The van der Waals surface area contributed by atoms with Crippen LogP contribution in [0.2, 0.25) is 0 Å². The molecule has 0 saturated carbocycles.